The van der Waals surface area contributed by atoms with Gasteiger partial charge in [-0.15, -0.1) is 11.3 Å². The number of aliphatic hydroxyl groups is 1. The second-order valence-corrected chi connectivity index (χ2v) is 10.5. The van der Waals surface area contributed by atoms with E-state index in [4.69, 9.17) is 11.6 Å². The number of benzene rings is 2. The van der Waals surface area contributed by atoms with Crippen LogP contribution in [0.1, 0.15) is 37.5 Å². The molecule has 1 aliphatic heterocycles. The van der Waals surface area contributed by atoms with Crippen LogP contribution in [0.4, 0.5) is 5.13 Å². The van der Waals surface area contributed by atoms with Crippen molar-refractivity contribution < 1.29 is 14.7 Å². The lowest BCUT2D eigenvalue weighted by atomic mass is 9.94. The molecule has 9 heteroatoms. The zero-order valence-electron chi connectivity index (χ0n) is 17.9. The summed E-state index contributed by atoms with van der Waals surface area (Å²) in [6, 6.07) is 12.0. The molecule has 3 heterocycles. The monoisotopic (exact) mass is 495 g/mol. The molecule has 0 bridgehead atoms. The van der Waals surface area contributed by atoms with E-state index in [1.807, 2.05) is 38.1 Å². The van der Waals surface area contributed by atoms with Gasteiger partial charge in [-0.05, 0) is 44.5 Å². The van der Waals surface area contributed by atoms with Crippen LogP contribution in [0.2, 0.25) is 5.02 Å². The van der Waals surface area contributed by atoms with Crippen LogP contribution in [0.15, 0.2) is 53.8 Å². The topological polar surface area (TPSA) is 83.4 Å². The second kappa shape index (κ2) is 8.06. The van der Waals surface area contributed by atoms with Gasteiger partial charge in [0.2, 0.25) is 5.78 Å². The number of anilines is 1. The van der Waals surface area contributed by atoms with E-state index in [0.717, 1.165) is 15.3 Å². The average molecular weight is 496 g/mol. The second-order valence-electron chi connectivity index (χ2n) is 7.84. The maximum atomic E-state index is 13.6. The number of carbonyl (C=O) groups excluding carboxylic acids is 2. The van der Waals surface area contributed by atoms with Gasteiger partial charge in [-0.25, -0.2) is 9.97 Å². The first-order chi connectivity index (χ1) is 15.7. The predicted molar refractivity (Wildman–Crippen MR) is 132 cm³/mol. The molecule has 1 aliphatic rings. The summed E-state index contributed by atoms with van der Waals surface area (Å²) in [7, 11) is 0. The van der Waals surface area contributed by atoms with Crippen LogP contribution >= 0.6 is 34.3 Å². The summed E-state index contributed by atoms with van der Waals surface area (Å²) in [5.41, 5.74) is 2.98. The minimum atomic E-state index is -0.817. The summed E-state index contributed by atoms with van der Waals surface area (Å²) in [6.07, 6.45) is 0. The molecule has 0 spiro atoms. The minimum Gasteiger partial charge on any atom is -0.503 e. The Kier molecular flexibility index (Phi) is 5.31. The standard InChI is InChI=1S/C24H18ClN3O3S2/c1-11-5-4-6-14(9-11)19-18(20(29)22-12(2)26-13(3)32-22)21(30)23(31)28(19)24-27-16-8-7-15(25)10-17(16)33-24/h4-10,19,30H,1-3H3. The number of hydrogen-bond acceptors (Lipinski definition) is 7. The zero-order valence-corrected chi connectivity index (χ0v) is 20.3. The van der Waals surface area contributed by atoms with Gasteiger partial charge in [-0.1, -0.05) is 52.8 Å². The third kappa shape index (κ3) is 3.64. The maximum absolute atomic E-state index is 13.6. The Bertz CT molecular complexity index is 1490. The number of amides is 1. The number of hydrogen-bond donors (Lipinski definition) is 1. The zero-order chi connectivity index (χ0) is 23.4. The minimum absolute atomic E-state index is 0.0367. The van der Waals surface area contributed by atoms with Crippen molar-refractivity contribution in [1.29, 1.82) is 0 Å². The van der Waals surface area contributed by atoms with Crippen molar-refractivity contribution in [3.8, 4) is 0 Å². The quantitative estimate of drug-likeness (QED) is 0.345. The van der Waals surface area contributed by atoms with Crippen molar-refractivity contribution in [3.63, 3.8) is 0 Å². The molecular weight excluding hydrogens is 478 g/mol. The van der Waals surface area contributed by atoms with Crippen molar-refractivity contribution >= 4 is 61.3 Å². The lowest BCUT2D eigenvalue weighted by molar-refractivity contribution is -0.117. The molecule has 2 aromatic carbocycles. The lowest BCUT2D eigenvalue weighted by Gasteiger charge is -2.24. The summed E-state index contributed by atoms with van der Waals surface area (Å²) in [6.45, 7) is 5.51. The molecule has 1 unspecified atom stereocenters. The number of fused-ring (bicyclic) bond motifs is 1. The average Bonchev–Trinajstić information content (AvgIpc) is 3.41. The smallest absolute Gasteiger partial charge is 0.296 e. The van der Waals surface area contributed by atoms with Crippen molar-refractivity contribution in [2.45, 2.75) is 26.8 Å². The highest BCUT2D eigenvalue weighted by Gasteiger charge is 2.46. The van der Waals surface area contributed by atoms with E-state index in [1.165, 1.54) is 27.6 Å². The summed E-state index contributed by atoms with van der Waals surface area (Å²) in [4.78, 5) is 37.8. The Labute approximate surface area is 202 Å². The van der Waals surface area contributed by atoms with Crippen LogP contribution in [0, 0.1) is 20.8 Å². The fourth-order valence-electron chi connectivity index (χ4n) is 4.04. The Balaban J connectivity index is 1.70. The summed E-state index contributed by atoms with van der Waals surface area (Å²) >= 11 is 8.67. The van der Waals surface area contributed by atoms with E-state index in [2.05, 4.69) is 9.97 Å². The fourth-order valence-corrected chi connectivity index (χ4v) is 6.19. The van der Waals surface area contributed by atoms with E-state index in [0.29, 0.717) is 31.8 Å². The van der Waals surface area contributed by atoms with E-state index >= 15 is 0 Å². The highest BCUT2D eigenvalue weighted by atomic mass is 35.5. The van der Waals surface area contributed by atoms with Crippen molar-refractivity contribution in [2.24, 2.45) is 0 Å². The van der Waals surface area contributed by atoms with Crippen LogP contribution < -0.4 is 4.90 Å². The molecule has 166 valence electrons. The number of carbonyl (C=O) groups is 2. The Morgan fingerprint density at radius 2 is 1.88 bits per heavy atom. The molecule has 0 aliphatic carbocycles. The molecule has 1 amide bonds. The molecule has 0 radical (unpaired) electrons. The van der Waals surface area contributed by atoms with Gasteiger partial charge in [0, 0.05) is 5.02 Å². The molecular formula is C24H18ClN3O3S2. The molecule has 0 saturated heterocycles. The summed E-state index contributed by atoms with van der Waals surface area (Å²) in [5.74, 6) is -1.62. The molecule has 0 fully saturated rings. The number of thiazole rings is 2. The number of nitrogens with zero attached hydrogens (tertiary/aromatic N) is 3. The number of aromatic nitrogens is 2. The SMILES string of the molecule is Cc1cccc(C2C(C(=O)c3sc(C)nc3C)=C(O)C(=O)N2c2nc3ccc(Cl)cc3s2)c1. The van der Waals surface area contributed by atoms with Gasteiger partial charge in [-0.2, -0.15) is 0 Å². The Morgan fingerprint density at radius 1 is 1.09 bits per heavy atom. The van der Waals surface area contributed by atoms with Crippen LogP contribution in [-0.4, -0.2) is 26.8 Å². The summed E-state index contributed by atoms with van der Waals surface area (Å²) < 4.78 is 0.807. The van der Waals surface area contributed by atoms with Crippen molar-refractivity contribution in [3.05, 3.63) is 85.5 Å². The molecule has 1 atom stereocenters. The van der Waals surface area contributed by atoms with Crippen LogP contribution in [0.25, 0.3) is 10.2 Å². The van der Waals surface area contributed by atoms with E-state index in [9.17, 15) is 14.7 Å². The Morgan fingerprint density at radius 3 is 2.58 bits per heavy atom. The van der Waals surface area contributed by atoms with Gasteiger partial charge in [-0.3, -0.25) is 14.5 Å². The normalized spacial score (nSPS) is 16.3. The molecule has 5 rings (SSSR count). The molecule has 33 heavy (non-hydrogen) atoms. The highest BCUT2D eigenvalue weighted by molar-refractivity contribution is 7.22. The van der Waals surface area contributed by atoms with Crippen molar-refractivity contribution in [2.75, 3.05) is 4.90 Å². The highest BCUT2D eigenvalue weighted by Crippen LogP contribution is 2.45. The number of aliphatic hydroxyl groups excluding tert-OH is 1. The summed E-state index contributed by atoms with van der Waals surface area (Å²) in [5, 5.41) is 12.6. The fraction of sp³-hybridized carbons (Fsp3) is 0.167. The maximum Gasteiger partial charge on any atom is 0.296 e. The van der Waals surface area contributed by atoms with E-state index in [-0.39, 0.29) is 5.57 Å². The number of Topliss-reactive ketones (excluding diaryl/α,β-unsaturated/α-hetero) is 1. The van der Waals surface area contributed by atoms with Crippen LogP contribution in [0.5, 0.6) is 0 Å². The van der Waals surface area contributed by atoms with Gasteiger partial charge in [0.15, 0.2) is 10.9 Å². The van der Waals surface area contributed by atoms with Gasteiger partial charge in [0.05, 0.1) is 37.4 Å². The van der Waals surface area contributed by atoms with E-state index < -0.39 is 23.5 Å². The number of halogens is 1. The first-order valence-corrected chi connectivity index (χ1v) is 12.1. The lowest BCUT2D eigenvalue weighted by Crippen LogP contribution is -2.31. The third-order valence-electron chi connectivity index (χ3n) is 5.47. The molecule has 4 aromatic rings. The van der Waals surface area contributed by atoms with Crippen LogP contribution in [0.3, 0.4) is 0 Å². The Hall–Kier alpha value is -3.07. The number of rotatable bonds is 4. The number of aryl methyl sites for hydroxylation is 3. The van der Waals surface area contributed by atoms with Gasteiger partial charge in [0.1, 0.15) is 0 Å². The molecule has 2 aromatic heterocycles. The molecule has 1 N–H and O–H groups in total. The van der Waals surface area contributed by atoms with Crippen LogP contribution in [-0.2, 0) is 4.79 Å². The van der Waals surface area contributed by atoms with Gasteiger partial charge < -0.3 is 5.11 Å². The van der Waals surface area contributed by atoms with Gasteiger partial charge >= 0.3 is 0 Å². The molecule has 6 nitrogen and oxygen atoms in total. The predicted octanol–water partition coefficient (Wildman–Crippen LogP) is 6.11. The number of ketones is 1. The third-order valence-corrected chi connectivity index (χ3v) is 7.79. The molecule has 0 saturated carbocycles. The van der Waals surface area contributed by atoms with E-state index in [1.54, 1.807) is 25.1 Å². The van der Waals surface area contributed by atoms with Crippen molar-refractivity contribution in [1.82, 2.24) is 9.97 Å². The van der Waals surface area contributed by atoms with Gasteiger partial charge in [0.25, 0.3) is 5.91 Å². The first kappa shape index (κ1) is 21.8. The largest absolute Gasteiger partial charge is 0.503 e. The first-order valence-electron chi connectivity index (χ1n) is 10.1.